The smallest absolute Gasteiger partial charge is 0.306 e. The Kier molecular flexibility index (Phi) is 2.61. The van der Waals surface area contributed by atoms with E-state index in [4.69, 9.17) is 4.74 Å². The first kappa shape index (κ1) is 10.7. The third-order valence-corrected chi connectivity index (χ3v) is 3.78. The van der Waals surface area contributed by atoms with Crippen LogP contribution >= 0.6 is 0 Å². The average molecular weight is 208 g/mol. The minimum Gasteiger partial charge on any atom is -0.457 e. The summed E-state index contributed by atoms with van der Waals surface area (Å²) in [6.07, 6.45) is 6.16. The van der Waals surface area contributed by atoms with Crippen LogP contribution in [0, 0.1) is 11.3 Å². The van der Waals surface area contributed by atoms with Crippen molar-refractivity contribution in [1.82, 2.24) is 0 Å². The topological polar surface area (TPSA) is 26.3 Å². The van der Waals surface area contributed by atoms with Crippen molar-refractivity contribution in [3.63, 3.8) is 0 Å². The molecule has 0 aromatic rings. The molecule has 0 unspecified atom stereocenters. The van der Waals surface area contributed by atoms with E-state index < -0.39 is 0 Å². The van der Waals surface area contributed by atoms with E-state index in [9.17, 15) is 4.79 Å². The van der Waals surface area contributed by atoms with Crippen LogP contribution in [0.25, 0.3) is 0 Å². The number of allylic oxidation sites excluding steroid dienone is 1. The Labute approximate surface area is 91.7 Å². The van der Waals surface area contributed by atoms with Crippen molar-refractivity contribution in [3.05, 3.63) is 11.6 Å². The summed E-state index contributed by atoms with van der Waals surface area (Å²) >= 11 is 0. The van der Waals surface area contributed by atoms with Crippen LogP contribution < -0.4 is 0 Å². The van der Waals surface area contributed by atoms with Gasteiger partial charge in [0, 0.05) is 11.8 Å². The molecule has 1 fully saturated rings. The molecule has 0 aromatic carbocycles. The van der Waals surface area contributed by atoms with Crippen molar-refractivity contribution in [2.24, 2.45) is 11.3 Å². The molecule has 0 spiro atoms. The molecule has 2 atom stereocenters. The Hall–Kier alpha value is -0.790. The van der Waals surface area contributed by atoms with E-state index in [1.807, 2.05) is 0 Å². The fraction of sp³-hybridized carbons (Fsp3) is 0.769. The number of carbonyl (C=O) groups is 1. The molecule has 0 amide bonds. The van der Waals surface area contributed by atoms with Gasteiger partial charge in [0.15, 0.2) is 0 Å². The van der Waals surface area contributed by atoms with Gasteiger partial charge in [-0.15, -0.1) is 0 Å². The van der Waals surface area contributed by atoms with Gasteiger partial charge in [-0.3, -0.25) is 4.79 Å². The zero-order chi connectivity index (χ0) is 11.1. The van der Waals surface area contributed by atoms with E-state index in [0.717, 1.165) is 12.8 Å². The molecule has 84 valence electrons. The lowest BCUT2D eigenvalue weighted by molar-refractivity contribution is -0.161. The van der Waals surface area contributed by atoms with Gasteiger partial charge in [0.2, 0.25) is 0 Å². The highest BCUT2D eigenvalue weighted by Crippen LogP contribution is 2.42. The minimum atomic E-state index is -0.0284. The average Bonchev–Trinajstić information content (AvgIpc) is 2.56. The Morgan fingerprint density at radius 1 is 1.47 bits per heavy atom. The predicted molar refractivity (Wildman–Crippen MR) is 59.4 cm³/mol. The minimum absolute atomic E-state index is 0.0243. The van der Waals surface area contributed by atoms with Crippen LogP contribution in [0.5, 0.6) is 0 Å². The van der Waals surface area contributed by atoms with Crippen molar-refractivity contribution in [2.45, 2.75) is 52.6 Å². The molecule has 2 nitrogen and oxygen atoms in total. The molecule has 2 aliphatic rings. The second-order valence-corrected chi connectivity index (χ2v) is 5.54. The molecule has 1 aliphatic carbocycles. The lowest BCUT2D eigenvalue weighted by Crippen LogP contribution is -2.41. The highest BCUT2D eigenvalue weighted by atomic mass is 16.5. The fourth-order valence-electron chi connectivity index (χ4n) is 2.66. The van der Waals surface area contributed by atoms with Crippen molar-refractivity contribution in [2.75, 3.05) is 0 Å². The van der Waals surface area contributed by atoms with Crippen LogP contribution in [-0.2, 0) is 9.53 Å². The summed E-state index contributed by atoms with van der Waals surface area (Å²) in [6.45, 7) is 6.64. The monoisotopic (exact) mass is 208 g/mol. The zero-order valence-electron chi connectivity index (χ0n) is 9.88. The Morgan fingerprint density at radius 3 is 2.80 bits per heavy atom. The van der Waals surface area contributed by atoms with Gasteiger partial charge in [-0.25, -0.2) is 0 Å². The van der Waals surface area contributed by atoms with Crippen molar-refractivity contribution < 1.29 is 9.53 Å². The molecule has 1 aliphatic heterocycles. The summed E-state index contributed by atoms with van der Waals surface area (Å²) in [7, 11) is 0. The maximum Gasteiger partial charge on any atom is 0.306 e. The van der Waals surface area contributed by atoms with Crippen LogP contribution in [-0.4, -0.2) is 12.1 Å². The maximum atomic E-state index is 11.4. The third kappa shape index (κ3) is 1.95. The van der Waals surface area contributed by atoms with E-state index >= 15 is 0 Å². The number of ether oxygens (including phenoxy) is 1. The SMILES string of the molecule is C[C@@H]1CCC=C1[C@H]1OC(=O)CCC1(C)C. The molecule has 0 N–H and O–H groups in total. The van der Waals surface area contributed by atoms with E-state index in [-0.39, 0.29) is 17.5 Å². The number of hydrogen-bond acceptors (Lipinski definition) is 2. The number of cyclic esters (lactones) is 1. The summed E-state index contributed by atoms with van der Waals surface area (Å²) in [4.78, 5) is 11.4. The standard InChI is InChI=1S/C13H20O2/c1-9-5-4-6-10(9)12-13(2,3)8-7-11(14)15-12/h6,9,12H,4-5,7-8H2,1-3H3/t9-,12-/m1/s1. The lowest BCUT2D eigenvalue weighted by Gasteiger charge is -2.39. The van der Waals surface area contributed by atoms with Crippen molar-refractivity contribution in [3.8, 4) is 0 Å². The van der Waals surface area contributed by atoms with Gasteiger partial charge in [0.25, 0.3) is 0 Å². The zero-order valence-corrected chi connectivity index (χ0v) is 9.88. The Morgan fingerprint density at radius 2 is 2.20 bits per heavy atom. The van der Waals surface area contributed by atoms with Gasteiger partial charge in [-0.05, 0) is 30.8 Å². The second-order valence-electron chi connectivity index (χ2n) is 5.54. The van der Waals surface area contributed by atoms with Crippen LogP contribution in [0.1, 0.15) is 46.5 Å². The largest absolute Gasteiger partial charge is 0.457 e. The van der Waals surface area contributed by atoms with Crippen LogP contribution in [0.3, 0.4) is 0 Å². The van der Waals surface area contributed by atoms with E-state index in [2.05, 4.69) is 26.8 Å². The fourth-order valence-corrected chi connectivity index (χ4v) is 2.66. The molecule has 15 heavy (non-hydrogen) atoms. The third-order valence-electron chi connectivity index (χ3n) is 3.78. The molecule has 1 heterocycles. The quantitative estimate of drug-likeness (QED) is 0.489. The van der Waals surface area contributed by atoms with Gasteiger partial charge in [0.1, 0.15) is 6.10 Å². The first-order valence-corrected chi connectivity index (χ1v) is 5.90. The van der Waals surface area contributed by atoms with Crippen LogP contribution in [0.4, 0.5) is 0 Å². The van der Waals surface area contributed by atoms with Gasteiger partial charge in [-0.2, -0.15) is 0 Å². The van der Waals surface area contributed by atoms with Gasteiger partial charge >= 0.3 is 5.97 Å². The summed E-state index contributed by atoms with van der Waals surface area (Å²) in [6, 6.07) is 0. The Balaban J connectivity index is 2.21. The van der Waals surface area contributed by atoms with Crippen molar-refractivity contribution >= 4 is 5.97 Å². The number of rotatable bonds is 1. The normalized spacial score (nSPS) is 34.9. The molecule has 0 bridgehead atoms. The van der Waals surface area contributed by atoms with Crippen molar-refractivity contribution in [1.29, 1.82) is 0 Å². The number of esters is 1. The highest BCUT2D eigenvalue weighted by molar-refractivity contribution is 5.71. The Bertz CT molecular complexity index is 302. The molecule has 0 radical (unpaired) electrons. The van der Waals surface area contributed by atoms with Gasteiger partial charge < -0.3 is 4.74 Å². The molecule has 1 saturated heterocycles. The van der Waals surface area contributed by atoms with Gasteiger partial charge in [-0.1, -0.05) is 26.8 Å². The summed E-state index contributed by atoms with van der Waals surface area (Å²) < 4.78 is 5.55. The first-order valence-electron chi connectivity index (χ1n) is 5.90. The molecular formula is C13H20O2. The lowest BCUT2D eigenvalue weighted by atomic mass is 9.75. The summed E-state index contributed by atoms with van der Waals surface area (Å²) in [5, 5.41) is 0. The molecule has 0 saturated carbocycles. The van der Waals surface area contributed by atoms with E-state index in [0.29, 0.717) is 12.3 Å². The van der Waals surface area contributed by atoms with E-state index in [1.54, 1.807) is 0 Å². The summed E-state index contributed by atoms with van der Waals surface area (Å²) in [5.41, 5.74) is 1.46. The summed E-state index contributed by atoms with van der Waals surface area (Å²) in [5.74, 6) is 0.555. The van der Waals surface area contributed by atoms with Crippen LogP contribution in [0.15, 0.2) is 11.6 Å². The van der Waals surface area contributed by atoms with Crippen LogP contribution in [0.2, 0.25) is 0 Å². The molecular weight excluding hydrogens is 188 g/mol. The first-order chi connectivity index (χ1) is 7.00. The second kappa shape index (κ2) is 3.66. The molecule has 2 rings (SSSR count). The van der Waals surface area contributed by atoms with Gasteiger partial charge in [0.05, 0.1) is 0 Å². The number of hydrogen-bond donors (Lipinski definition) is 0. The highest BCUT2D eigenvalue weighted by Gasteiger charge is 2.41. The predicted octanol–water partition coefficient (Wildman–Crippen LogP) is 3.07. The van der Waals surface area contributed by atoms with E-state index in [1.165, 1.54) is 12.0 Å². The molecule has 0 aromatic heterocycles. The maximum absolute atomic E-state index is 11.4. The molecule has 2 heteroatoms. The number of carbonyl (C=O) groups excluding carboxylic acids is 1.